The molecule has 184 valence electrons. The Morgan fingerprint density at radius 1 is 0.969 bits per heavy atom. The standard InChI is InChI=1S/C30H52O2/c1-21(2)8-7-9-22(3)26-12-13-27-25-11-10-23-20-24(32-19-18-31-6)14-16-29(23,4)28(25)15-17-30(26,27)5/h10,21-22,24-28H,7-9,11-20H2,1-6H3. The van der Waals surface area contributed by atoms with E-state index in [0.717, 1.165) is 48.7 Å². The third-order valence-corrected chi connectivity index (χ3v) is 10.9. The Bertz CT molecular complexity index is 653. The van der Waals surface area contributed by atoms with E-state index in [1.54, 1.807) is 12.7 Å². The topological polar surface area (TPSA) is 18.5 Å². The summed E-state index contributed by atoms with van der Waals surface area (Å²) in [6, 6.07) is 0. The SMILES string of the molecule is COCCOC1CCC2(C)C(=CCC3C2CCC2(C)C(C(C)CCCC(C)C)CCC32)C1. The molecule has 4 aliphatic carbocycles. The fourth-order valence-corrected chi connectivity index (χ4v) is 9.09. The van der Waals surface area contributed by atoms with Crippen LogP contribution in [0.5, 0.6) is 0 Å². The summed E-state index contributed by atoms with van der Waals surface area (Å²) in [7, 11) is 1.77. The molecule has 0 aromatic carbocycles. The van der Waals surface area contributed by atoms with E-state index in [1.165, 1.54) is 70.6 Å². The summed E-state index contributed by atoms with van der Waals surface area (Å²) in [4.78, 5) is 0. The molecule has 0 saturated heterocycles. The molecule has 3 saturated carbocycles. The van der Waals surface area contributed by atoms with Gasteiger partial charge >= 0.3 is 0 Å². The molecule has 0 aromatic heterocycles. The van der Waals surface area contributed by atoms with Gasteiger partial charge in [-0.2, -0.15) is 0 Å². The molecule has 4 aliphatic rings. The molecule has 0 aromatic rings. The predicted octanol–water partition coefficient (Wildman–Crippen LogP) is 8.06. The molecule has 0 heterocycles. The van der Waals surface area contributed by atoms with Crippen LogP contribution in [0.4, 0.5) is 0 Å². The van der Waals surface area contributed by atoms with E-state index in [2.05, 4.69) is 40.7 Å². The van der Waals surface area contributed by atoms with Crippen LogP contribution in [0.3, 0.4) is 0 Å². The fourth-order valence-electron chi connectivity index (χ4n) is 9.09. The summed E-state index contributed by atoms with van der Waals surface area (Å²) in [6.45, 7) is 14.2. The molecular formula is C30H52O2. The summed E-state index contributed by atoms with van der Waals surface area (Å²) in [5.41, 5.74) is 2.78. The normalized spacial score (nSPS) is 42.2. The minimum atomic E-state index is 0.414. The summed E-state index contributed by atoms with van der Waals surface area (Å²) in [5.74, 6) is 5.53. The van der Waals surface area contributed by atoms with Crippen molar-refractivity contribution >= 4 is 0 Å². The maximum absolute atomic E-state index is 6.16. The molecule has 4 rings (SSSR count). The Kier molecular flexibility index (Phi) is 7.82. The number of ether oxygens (including phenoxy) is 2. The Morgan fingerprint density at radius 2 is 1.78 bits per heavy atom. The number of hydrogen-bond acceptors (Lipinski definition) is 2. The first-order valence-corrected chi connectivity index (χ1v) is 14.1. The van der Waals surface area contributed by atoms with Crippen molar-refractivity contribution in [3.8, 4) is 0 Å². The van der Waals surface area contributed by atoms with E-state index in [1.807, 2.05) is 0 Å². The summed E-state index contributed by atoms with van der Waals surface area (Å²) >= 11 is 0. The van der Waals surface area contributed by atoms with Crippen molar-refractivity contribution in [3.63, 3.8) is 0 Å². The van der Waals surface area contributed by atoms with Gasteiger partial charge in [0.15, 0.2) is 0 Å². The highest BCUT2D eigenvalue weighted by atomic mass is 16.5. The van der Waals surface area contributed by atoms with Crippen LogP contribution in [0.15, 0.2) is 11.6 Å². The maximum atomic E-state index is 6.16. The number of methoxy groups -OCH3 is 1. The van der Waals surface area contributed by atoms with Crippen LogP contribution >= 0.6 is 0 Å². The molecule has 0 N–H and O–H groups in total. The van der Waals surface area contributed by atoms with Crippen LogP contribution in [0.1, 0.15) is 105 Å². The highest BCUT2D eigenvalue weighted by Gasteiger charge is 2.59. The number of rotatable bonds is 9. The fraction of sp³-hybridized carbons (Fsp3) is 0.933. The average Bonchev–Trinajstić information content (AvgIpc) is 3.11. The van der Waals surface area contributed by atoms with Gasteiger partial charge in [0.05, 0.1) is 19.3 Å². The molecule has 0 amide bonds. The van der Waals surface area contributed by atoms with Gasteiger partial charge in [-0.05, 0) is 97.7 Å². The van der Waals surface area contributed by atoms with E-state index in [9.17, 15) is 0 Å². The second kappa shape index (κ2) is 10.1. The zero-order valence-corrected chi connectivity index (χ0v) is 22.1. The second-order valence-corrected chi connectivity index (χ2v) is 13.0. The van der Waals surface area contributed by atoms with Crippen molar-refractivity contribution in [3.05, 3.63) is 11.6 Å². The molecule has 0 bridgehead atoms. The highest BCUT2D eigenvalue weighted by Crippen LogP contribution is 2.67. The molecule has 32 heavy (non-hydrogen) atoms. The zero-order valence-electron chi connectivity index (χ0n) is 22.1. The lowest BCUT2D eigenvalue weighted by molar-refractivity contribution is -0.0667. The largest absolute Gasteiger partial charge is 0.382 e. The lowest BCUT2D eigenvalue weighted by atomic mass is 9.47. The number of hydrogen-bond donors (Lipinski definition) is 0. The third-order valence-electron chi connectivity index (χ3n) is 10.9. The van der Waals surface area contributed by atoms with Gasteiger partial charge in [0.1, 0.15) is 0 Å². The van der Waals surface area contributed by atoms with Gasteiger partial charge in [-0.1, -0.05) is 65.5 Å². The lowest BCUT2D eigenvalue weighted by Gasteiger charge is -2.58. The van der Waals surface area contributed by atoms with E-state index in [-0.39, 0.29) is 0 Å². The van der Waals surface area contributed by atoms with Crippen LogP contribution in [0.25, 0.3) is 0 Å². The quantitative estimate of drug-likeness (QED) is 0.264. The summed E-state index contributed by atoms with van der Waals surface area (Å²) in [5, 5.41) is 0. The van der Waals surface area contributed by atoms with Gasteiger partial charge in [-0.3, -0.25) is 0 Å². The van der Waals surface area contributed by atoms with Crippen molar-refractivity contribution in [2.24, 2.45) is 46.3 Å². The first-order chi connectivity index (χ1) is 15.3. The predicted molar refractivity (Wildman–Crippen MR) is 135 cm³/mol. The smallest absolute Gasteiger partial charge is 0.0704 e. The van der Waals surface area contributed by atoms with Gasteiger partial charge in [0.2, 0.25) is 0 Å². The highest BCUT2D eigenvalue weighted by molar-refractivity contribution is 5.25. The zero-order chi connectivity index (χ0) is 22.9. The average molecular weight is 445 g/mol. The van der Waals surface area contributed by atoms with Crippen LogP contribution in [0.2, 0.25) is 0 Å². The van der Waals surface area contributed by atoms with Crippen LogP contribution in [-0.2, 0) is 9.47 Å². The van der Waals surface area contributed by atoms with E-state index in [4.69, 9.17) is 9.47 Å². The van der Waals surface area contributed by atoms with Gasteiger partial charge < -0.3 is 9.47 Å². The Balaban J connectivity index is 1.42. The Morgan fingerprint density at radius 3 is 2.53 bits per heavy atom. The number of allylic oxidation sites excluding steroid dienone is 1. The van der Waals surface area contributed by atoms with Crippen molar-refractivity contribution in [1.82, 2.24) is 0 Å². The van der Waals surface area contributed by atoms with Crippen LogP contribution < -0.4 is 0 Å². The van der Waals surface area contributed by atoms with Gasteiger partial charge in [0, 0.05) is 7.11 Å². The van der Waals surface area contributed by atoms with Crippen LogP contribution in [0, 0.1) is 46.3 Å². The first kappa shape index (κ1) is 24.8. The molecule has 0 radical (unpaired) electrons. The Hall–Kier alpha value is -0.340. The number of fused-ring (bicyclic) bond motifs is 5. The minimum Gasteiger partial charge on any atom is -0.382 e. The monoisotopic (exact) mass is 444 g/mol. The molecule has 0 spiro atoms. The molecule has 2 heteroatoms. The lowest BCUT2D eigenvalue weighted by Crippen LogP contribution is -2.51. The van der Waals surface area contributed by atoms with E-state index in [0.29, 0.717) is 16.9 Å². The summed E-state index contributed by atoms with van der Waals surface area (Å²) < 4.78 is 11.4. The van der Waals surface area contributed by atoms with Crippen molar-refractivity contribution < 1.29 is 9.47 Å². The second-order valence-electron chi connectivity index (χ2n) is 13.0. The van der Waals surface area contributed by atoms with Gasteiger partial charge in [-0.25, -0.2) is 0 Å². The molecule has 2 nitrogen and oxygen atoms in total. The Labute approximate surface area is 199 Å². The molecule has 8 atom stereocenters. The van der Waals surface area contributed by atoms with Crippen molar-refractivity contribution in [2.75, 3.05) is 20.3 Å². The summed E-state index contributed by atoms with van der Waals surface area (Å²) in [6.07, 6.45) is 18.4. The molecular weight excluding hydrogens is 392 g/mol. The molecule has 0 aliphatic heterocycles. The third kappa shape index (κ3) is 4.61. The van der Waals surface area contributed by atoms with E-state index >= 15 is 0 Å². The molecule has 3 fully saturated rings. The van der Waals surface area contributed by atoms with Crippen molar-refractivity contribution in [1.29, 1.82) is 0 Å². The maximum Gasteiger partial charge on any atom is 0.0704 e. The van der Waals surface area contributed by atoms with Crippen LogP contribution in [-0.4, -0.2) is 26.4 Å². The van der Waals surface area contributed by atoms with Crippen molar-refractivity contribution in [2.45, 2.75) is 111 Å². The first-order valence-electron chi connectivity index (χ1n) is 14.1. The van der Waals surface area contributed by atoms with Gasteiger partial charge in [0.25, 0.3) is 0 Å². The minimum absolute atomic E-state index is 0.414. The van der Waals surface area contributed by atoms with E-state index < -0.39 is 0 Å². The molecule has 8 unspecified atom stereocenters. The van der Waals surface area contributed by atoms with Gasteiger partial charge in [-0.15, -0.1) is 0 Å².